The molecular formula is C15H24N2O3S. The van der Waals surface area contributed by atoms with Crippen molar-refractivity contribution in [3.8, 4) is 0 Å². The lowest BCUT2D eigenvalue weighted by Gasteiger charge is -2.27. The number of carbonyl (C=O) groups is 1. The Morgan fingerprint density at radius 3 is 2.05 bits per heavy atom. The standard InChI is InChI=1S/C15H24N2O3S/c1-12(21(19,20)17(4)5)14(11-15(18)16(2)3)13-9-7-6-8-10-13/h6-10,12,14H,11H2,1-5H3/t12-,14-/m0/s1. The highest BCUT2D eigenvalue weighted by Gasteiger charge is 2.33. The molecule has 0 aliphatic carbocycles. The summed E-state index contributed by atoms with van der Waals surface area (Å²) in [5, 5.41) is -0.668. The molecule has 2 atom stereocenters. The van der Waals surface area contributed by atoms with Gasteiger partial charge in [0.15, 0.2) is 0 Å². The molecule has 1 rings (SSSR count). The molecule has 0 bridgehead atoms. The first-order valence-electron chi connectivity index (χ1n) is 6.84. The second-order valence-electron chi connectivity index (χ2n) is 5.54. The van der Waals surface area contributed by atoms with Crippen LogP contribution in [0, 0.1) is 0 Å². The van der Waals surface area contributed by atoms with Crippen LogP contribution in [0.15, 0.2) is 30.3 Å². The van der Waals surface area contributed by atoms with E-state index in [1.807, 2.05) is 30.3 Å². The molecule has 1 amide bonds. The summed E-state index contributed by atoms with van der Waals surface area (Å²) >= 11 is 0. The van der Waals surface area contributed by atoms with Crippen molar-refractivity contribution in [2.45, 2.75) is 24.5 Å². The Morgan fingerprint density at radius 2 is 1.62 bits per heavy atom. The third kappa shape index (κ3) is 4.28. The fraction of sp³-hybridized carbons (Fsp3) is 0.533. The normalized spacial score (nSPS) is 14.8. The summed E-state index contributed by atoms with van der Waals surface area (Å²) in [6.07, 6.45) is 0.172. The molecule has 0 aromatic heterocycles. The van der Waals surface area contributed by atoms with Crippen molar-refractivity contribution in [1.82, 2.24) is 9.21 Å². The molecule has 0 unspecified atom stereocenters. The van der Waals surface area contributed by atoms with Crippen molar-refractivity contribution in [3.63, 3.8) is 0 Å². The van der Waals surface area contributed by atoms with Crippen LogP contribution < -0.4 is 0 Å². The summed E-state index contributed by atoms with van der Waals surface area (Å²) in [5.41, 5.74) is 0.866. The maximum absolute atomic E-state index is 12.4. The highest BCUT2D eigenvalue weighted by Crippen LogP contribution is 2.29. The van der Waals surface area contributed by atoms with Gasteiger partial charge in [0.1, 0.15) is 0 Å². The van der Waals surface area contributed by atoms with E-state index < -0.39 is 15.3 Å². The average molecular weight is 312 g/mol. The molecule has 118 valence electrons. The Labute approximate surface area is 127 Å². The van der Waals surface area contributed by atoms with Gasteiger partial charge in [-0.15, -0.1) is 0 Å². The number of rotatable bonds is 6. The molecule has 0 fully saturated rings. The average Bonchev–Trinajstić information content (AvgIpc) is 2.44. The Bertz CT molecular complexity index is 568. The summed E-state index contributed by atoms with van der Waals surface area (Å²) < 4.78 is 26.0. The second kappa shape index (κ2) is 7.04. The van der Waals surface area contributed by atoms with Gasteiger partial charge in [-0.1, -0.05) is 30.3 Å². The Hall–Kier alpha value is -1.40. The van der Waals surface area contributed by atoms with Crippen molar-refractivity contribution in [2.24, 2.45) is 0 Å². The number of hydrogen-bond donors (Lipinski definition) is 0. The quantitative estimate of drug-likeness (QED) is 0.800. The topological polar surface area (TPSA) is 57.7 Å². The highest BCUT2D eigenvalue weighted by atomic mass is 32.2. The summed E-state index contributed by atoms with van der Waals surface area (Å²) in [6, 6.07) is 9.33. The predicted molar refractivity (Wildman–Crippen MR) is 84.6 cm³/mol. The fourth-order valence-electron chi connectivity index (χ4n) is 2.17. The van der Waals surface area contributed by atoms with E-state index in [1.54, 1.807) is 21.0 Å². The molecule has 0 saturated heterocycles. The molecule has 0 aliphatic heterocycles. The number of carbonyl (C=O) groups excluding carboxylic acids is 1. The SMILES string of the molecule is C[C@@H]([C@H](CC(=O)N(C)C)c1ccccc1)S(=O)(=O)N(C)C. The van der Waals surface area contributed by atoms with Crippen LogP contribution in [0.5, 0.6) is 0 Å². The molecule has 5 nitrogen and oxygen atoms in total. The van der Waals surface area contributed by atoms with Crippen LogP contribution in [0.3, 0.4) is 0 Å². The van der Waals surface area contributed by atoms with Crippen LogP contribution >= 0.6 is 0 Å². The van der Waals surface area contributed by atoms with Crippen molar-refractivity contribution in [1.29, 1.82) is 0 Å². The molecule has 0 spiro atoms. The van der Waals surface area contributed by atoms with Gasteiger partial charge in [0.25, 0.3) is 0 Å². The van der Waals surface area contributed by atoms with Crippen molar-refractivity contribution in [2.75, 3.05) is 28.2 Å². The van der Waals surface area contributed by atoms with E-state index >= 15 is 0 Å². The summed E-state index contributed by atoms with van der Waals surface area (Å²) in [7, 11) is 2.95. The van der Waals surface area contributed by atoms with Crippen molar-refractivity contribution < 1.29 is 13.2 Å². The van der Waals surface area contributed by atoms with E-state index in [1.165, 1.54) is 23.3 Å². The molecule has 1 aromatic carbocycles. The van der Waals surface area contributed by atoms with E-state index in [4.69, 9.17) is 0 Å². The van der Waals surface area contributed by atoms with Gasteiger partial charge >= 0.3 is 0 Å². The summed E-state index contributed by atoms with van der Waals surface area (Å²) in [6.45, 7) is 1.66. The van der Waals surface area contributed by atoms with Crippen LogP contribution in [-0.4, -0.2) is 57.0 Å². The summed E-state index contributed by atoms with van der Waals surface area (Å²) in [5.74, 6) is -0.446. The van der Waals surface area contributed by atoms with E-state index in [9.17, 15) is 13.2 Å². The second-order valence-corrected chi connectivity index (χ2v) is 8.05. The lowest BCUT2D eigenvalue weighted by atomic mass is 9.92. The minimum absolute atomic E-state index is 0.0790. The fourth-order valence-corrected chi connectivity index (χ4v) is 3.50. The number of amides is 1. The lowest BCUT2D eigenvalue weighted by Crippen LogP contribution is -2.37. The van der Waals surface area contributed by atoms with E-state index in [0.717, 1.165) is 5.56 Å². The monoisotopic (exact) mass is 312 g/mol. The van der Waals surface area contributed by atoms with Gasteiger partial charge in [-0.05, 0) is 12.5 Å². The maximum Gasteiger partial charge on any atom is 0.222 e. The Morgan fingerprint density at radius 1 is 1.10 bits per heavy atom. The highest BCUT2D eigenvalue weighted by molar-refractivity contribution is 7.89. The first-order chi connectivity index (χ1) is 9.67. The molecule has 0 radical (unpaired) electrons. The Kier molecular flexibility index (Phi) is 5.92. The summed E-state index contributed by atoms with van der Waals surface area (Å²) in [4.78, 5) is 13.5. The molecule has 0 saturated carbocycles. The molecular weight excluding hydrogens is 288 g/mol. The molecule has 6 heteroatoms. The largest absolute Gasteiger partial charge is 0.349 e. The number of sulfonamides is 1. The lowest BCUT2D eigenvalue weighted by molar-refractivity contribution is -0.129. The predicted octanol–water partition coefficient (Wildman–Crippen LogP) is 1.53. The zero-order valence-electron chi connectivity index (χ0n) is 13.3. The zero-order valence-corrected chi connectivity index (χ0v) is 14.1. The van der Waals surface area contributed by atoms with E-state index in [2.05, 4.69) is 0 Å². The van der Waals surface area contributed by atoms with Gasteiger partial charge in [-0.3, -0.25) is 4.79 Å². The van der Waals surface area contributed by atoms with E-state index in [-0.39, 0.29) is 18.2 Å². The smallest absolute Gasteiger partial charge is 0.222 e. The molecule has 0 aliphatic rings. The molecule has 0 heterocycles. The molecule has 1 aromatic rings. The van der Waals surface area contributed by atoms with Gasteiger partial charge in [-0.2, -0.15) is 0 Å². The number of nitrogens with zero attached hydrogens (tertiary/aromatic N) is 2. The van der Waals surface area contributed by atoms with Gasteiger partial charge in [0.05, 0.1) is 5.25 Å². The van der Waals surface area contributed by atoms with Crippen molar-refractivity contribution in [3.05, 3.63) is 35.9 Å². The van der Waals surface area contributed by atoms with Crippen LogP contribution in [0.25, 0.3) is 0 Å². The first kappa shape index (κ1) is 17.7. The van der Waals surface area contributed by atoms with Gasteiger partial charge in [0, 0.05) is 40.5 Å². The third-order valence-corrected chi connectivity index (χ3v) is 5.95. The first-order valence-corrected chi connectivity index (χ1v) is 8.34. The minimum atomic E-state index is -3.43. The molecule has 21 heavy (non-hydrogen) atoms. The maximum atomic E-state index is 12.4. The zero-order chi connectivity index (χ0) is 16.2. The van der Waals surface area contributed by atoms with Crippen molar-refractivity contribution >= 4 is 15.9 Å². The van der Waals surface area contributed by atoms with Crippen LogP contribution in [0.1, 0.15) is 24.8 Å². The Balaban J connectivity index is 3.17. The van der Waals surface area contributed by atoms with Crippen LogP contribution in [-0.2, 0) is 14.8 Å². The van der Waals surface area contributed by atoms with Gasteiger partial charge in [0.2, 0.25) is 15.9 Å². The minimum Gasteiger partial charge on any atom is -0.349 e. The van der Waals surface area contributed by atoms with E-state index in [0.29, 0.717) is 0 Å². The van der Waals surface area contributed by atoms with Gasteiger partial charge < -0.3 is 4.90 Å². The van der Waals surface area contributed by atoms with Crippen LogP contribution in [0.4, 0.5) is 0 Å². The molecule has 0 N–H and O–H groups in total. The van der Waals surface area contributed by atoms with Gasteiger partial charge in [-0.25, -0.2) is 12.7 Å². The number of benzene rings is 1. The number of hydrogen-bond acceptors (Lipinski definition) is 3. The van der Waals surface area contributed by atoms with Crippen LogP contribution in [0.2, 0.25) is 0 Å². The third-order valence-electron chi connectivity index (χ3n) is 3.67.